The molecule has 0 saturated carbocycles. The highest BCUT2D eigenvalue weighted by atomic mass is 16.5. The highest BCUT2D eigenvalue weighted by Gasteiger charge is 2.44. The van der Waals surface area contributed by atoms with Gasteiger partial charge >= 0.3 is 0 Å². The molecular weight excluding hydrogens is 534 g/mol. The van der Waals surface area contributed by atoms with E-state index in [1.807, 2.05) is 59.3 Å². The Bertz CT molecular complexity index is 1720. The predicted octanol–water partition coefficient (Wildman–Crippen LogP) is 5.89. The Morgan fingerprint density at radius 2 is 1.81 bits per heavy atom. The fourth-order valence-corrected chi connectivity index (χ4v) is 5.24. The monoisotopic (exact) mass is 563 g/mol. The average Bonchev–Trinajstić information content (AvgIpc) is 3.76. The SMILES string of the molecule is COc1cc(C2C(C(=O)c3cc4ccccc4o3)=C(O)C(=O)N2CCCn2ccnc2)ccc1OCc1ccccc1. The van der Waals surface area contributed by atoms with Crippen molar-refractivity contribution in [1.82, 2.24) is 14.5 Å². The van der Waals surface area contributed by atoms with Gasteiger partial charge in [-0.2, -0.15) is 0 Å². The third-order valence-electron chi connectivity index (χ3n) is 7.31. The van der Waals surface area contributed by atoms with Gasteiger partial charge in [-0.05, 0) is 41.8 Å². The molecule has 42 heavy (non-hydrogen) atoms. The number of para-hydroxylation sites is 1. The molecule has 3 aromatic carbocycles. The zero-order valence-corrected chi connectivity index (χ0v) is 23.0. The zero-order chi connectivity index (χ0) is 29.1. The van der Waals surface area contributed by atoms with Crippen molar-refractivity contribution in [3.8, 4) is 11.5 Å². The summed E-state index contributed by atoms with van der Waals surface area (Å²) in [6, 6.07) is 23.1. The molecule has 0 fully saturated rings. The van der Waals surface area contributed by atoms with Crippen molar-refractivity contribution in [2.75, 3.05) is 13.7 Å². The first-order chi connectivity index (χ1) is 20.5. The van der Waals surface area contributed by atoms with Crippen molar-refractivity contribution in [3.63, 3.8) is 0 Å². The van der Waals surface area contributed by atoms with Crippen molar-refractivity contribution in [3.05, 3.63) is 126 Å². The number of amides is 1. The van der Waals surface area contributed by atoms with Crippen LogP contribution in [0.25, 0.3) is 11.0 Å². The van der Waals surface area contributed by atoms with Gasteiger partial charge in [0.15, 0.2) is 23.0 Å². The van der Waals surface area contributed by atoms with Crippen LogP contribution in [0, 0.1) is 0 Å². The second kappa shape index (κ2) is 11.7. The number of rotatable bonds is 11. The molecule has 2 aromatic heterocycles. The Hall–Kier alpha value is -5.31. The molecule has 0 saturated heterocycles. The van der Waals surface area contributed by atoms with Crippen molar-refractivity contribution in [1.29, 1.82) is 0 Å². The van der Waals surface area contributed by atoms with E-state index in [9.17, 15) is 14.7 Å². The minimum atomic E-state index is -0.863. The van der Waals surface area contributed by atoms with E-state index in [1.165, 1.54) is 12.0 Å². The summed E-state index contributed by atoms with van der Waals surface area (Å²) in [6.45, 7) is 1.24. The number of nitrogens with zero attached hydrogens (tertiary/aromatic N) is 3. The standard InChI is InChI=1S/C33H29N3O6/c1-40-27-19-24(12-13-26(27)41-20-22-8-3-2-4-9-22)30-29(31(37)28-18-23-10-5-6-11-25(23)42-28)32(38)33(39)36(30)16-7-15-35-17-14-34-21-35/h2-6,8-14,17-19,21,30,38H,7,15-16,20H2,1H3. The second-order valence-electron chi connectivity index (χ2n) is 9.98. The number of imidazole rings is 1. The van der Waals surface area contributed by atoms with Gasteiger partial charge in [0.05, 0.1) is 25.1 Å². The number of ether oxygens (including phenoxy) is 2. The Balaban J connectivity index is 1.34. The Morgan fingerprint density at radius 3 is 2.57 bits per heavy atom. The van der Waals surface area contributed by atoms with Gasteiger partial charge in [-0.15, -0.1) is 0 Å². The van der Waals surface area contributed by atoms with Gasteiger partial charge in [0, 0.05) is 30.9 Å². The third-order valence-corrected chi connectivity index (χ3v) is 7.31. The molecule has 3 heterocycles. The van der Waals surface area contributed by atoms with Crippen molar-refractivity contribution in [2.24, 2.45) is 0 Å². The number of Topliss-reactive ketones (excluding diaryl/α,β-unsaturated/α-hetero) is 1. The number of hydrogen-bond donors (Lipinski definition) is 1. The Morgan fingerprint density at radius 1 is 1.00 bits per heavy atom. The summed E-state index contributed by atoms with van der Waals surface area (Å²) >= 11 is 0. The minimum Gasteiger partial charge on any atom is -0.503 e. The second-order valence-corrected chi connectivity index (χ2v) is 9.98. The largest absolute Gasteiger partial charge is 0.503 e. The molecular formula is C33H29N3O6. The van der Waals surface area contributed by atoms with Gasteiger partial charge in [-0.1, -0.05) is 54.6 Å². The number of methoxy groups -OCH3 is 1. The number of aliphatic hydroxyl groups is 1. The van der Waals surface area contributed by atoms with Gasteiger partial charge in [0.25, 0.3) is 5.91 Å². The van der Waals surface area contributed by atoms with Crippen LogP contribution >= 0.6 is 0 Å². The van der Waals surface area contributed by atoms with Crippen LogP contribution in [0.2, 0.25) is 0 Å². The number of carbonyl (C=O) groups is 2. The van der Waals surface area contributed by atoms with E-state index < -0.39 is 23.5 Å². The maximum Gasteiger partial charge on any atom is 0.290 e. The summed E-state index contributed by atoms with van der Waals surface area (Å²) in [5.74, 6) is -0.756. The lowest BCUT2D eigenvalue weighted by Crippen LogP contribution is -2.32. The minimum absolute atomic E-state index is 0.0401. The van der Waals surface area contributed by atoms with Crippen LogP contribution in [0.4, 0.5) is 0 Å². The quantitative estimate of drug-likeness (QED) is 0.200. The van der Waals surface area contributed by atoms with E-state index in [0.717, 1.165) is 10.9 Å². The van der Waals surface area contributed by atoms with Crippen molar-refractivity contribution >= 4 is 22.7 Å². The highest BCUT2D eigenvalue weighted by Crippen LogP contribution is 2.42. The van der Waals surface area contributed by atoms with E-state index in [-0.39, 0.29) is 17.9 Å². The number of fused-ring (bicyclic) bond motifs is 1. The first kappa shape index (κ1) is 26.9. The molecule has 1 amide bonds. The molecule has 0 bridgehead atoms. The fraction of sp³-hybridized carbons (Fsp3) is 0.182. The van der Waals surface area contributed by atoms with Gasteiger partial charge in [0.2, 0.25) is 5.78 Å². The zero-order valence-electron chi connectivity index (χ0n) is 23.0. The van der Waals surface area contributed by atoms with E-state index in [4.69, 9.17) is 13.9 Å². The molecule has 1 atom stereocenters. The van der Waals surface area contributed by atoms with Gasteiger partial charge in [0.1, 0.15) is 12.2 Å². The molecule has 0 spiro atoms. The molecule has 0 aliphatic carbocycles. The maximum absolute atomic E-state index is 13.9. The van der Waals surface area contributed by atoms with Crippen LogP contribution in [-0.4, -0.2) is 44.9 Å². The smallest absolute Gasteiger partial charge is 0.290 e. The molecule has 1 unspecified atom stereocenters. The molecule has 6 rings (SSSR count). The first-order valence-corrected chi connectivity index (χ1v) is 13.6. The number of aliphatic hydroxyl groups excluding tert-OH is 1. The number of carbonyl (C=O) groups excluding carboxylic acids is 2. The van der Waals surface area contributed by atoms with Crippen LogP contribution in [-0.2, 0) is 17.9 Å². The van der Waals surface area contributed by atoms with Crippen LogP contribution < -0.4 is 9.47 Å². The van der Waals surface area contributed by atoms with E-state index >= 15 is 0 Å². The molecule has 9 heteroatoms. The van der Waals surface area contributed by atoms with Crippen molar-refractivity contribution < 1.29 is 28.6 Å². The van der Waals surface area contributed by atoms with E-state index in [0.29, 0.717) is 42.2 Å². The average molecular weight is 564 g/mol. The number of hydrogen-bond acceptors (Lipinski definition) is 7. The van der Waals surface area contributed by atoms with E-state index in [1.54, 1.807) is 42.9 Å². The molecule has 5 aromatic rings. The van der Waals surface area contributed by atoms with Crippen LogP contribution in [0.15, 0.2) is 113 Å². The van der Waals surface area contributed by atoms with Crippen LogP contribution in [0.5, 0.6) is 11.5 Å². The molecule has 0 radical (unpaired) electrons. The maximum atomic E-state index is 13.9. The summed E-state index contributed by atoms with van der Waals surface area (Å²) in [5.41, 5.74) is 2.10. The topological polar surface area (TPSA) is 107 Å². The fourth-order valence-electron chi connectivity index (χ4n) is 5.24. The highest BCUT2D eigenvalue weighted by molar-refractivity contribution is 6.16. The number of ketones is 1. The van der Waals surface area contributed by atoms with Crippen LogP contribution in [0.1, 0.15) is 34.1 Å². The number of aryl methyl sites for hydroxylation is 1. The molecule has 1 N–H and O–H groups in total. The summed E-state index contributed by atoms with van der Waals surface area (Å²) in [6.07, 6.45) is 5.81. The lowest BCUT2D eigenvalue weighted by molar-refractivity contribution is -0.129. The number of furan rings is 1. The van der Waals surface area contributed by atoms with Gasteiger partial charge in [-0.25, -0.2) is 4.98 Å². The molecule has 1 aliphatic rings. The van der Waals surface area contributed by atoms with Crippen molar-refractivity contribution in [2.45, 2.75) is 25.6 Å². The Labute approximate surface area is 242 Å². The summed E-state index contributed by atoms with van der Waals surface area (Å²) in [5, 5.41) is 11.8. The number of aromatic nitrogens is 2. The first-order valence-electron chi connectivity index (χ1n) is 13.6. The summed E-state index contributed by atoms with van der Waals surface area (Å²) in [7, 11) is 1.53. The number of benzene rings is 3. The summed E-state index contributed by atoms with van der Waals surface area (Å²) in [4.78, 5) is 32.9. The van der Waals surface area contributed by atoms with E-state index in [2.05, 4.69) is 4.98 Å². The molecule has 1 aliphatic heterocycles. The summed E-state index contributed by atoms with van der Waals surface area (Å²) < 4.78 is 19.4. The molecule has 212 valence electrons. The lowest BCUT2D eigenvalue weighted by atomic mass is 9.94. The predicted molar refractivity (Wildman–Crippen MR) is 155 cm³/mol. The normalized spacial score (nSPS) is 15.0. The van der Waals surface area contributed by atoms with Crippen LogP contribution in [0.3, 0.4) is 0 Å². The molecule has 9 nitrogen and oxygen atoms in total. The van der Waals surface area contributed by atoms with Gasteiger partial charge in [-0.3, -0.25) is 9.59 Å². The third kappa shape index (κ3) is 5.24. The van der Waals surface area contributed by atoms with Gasteiger partial charge < -0.3 is 28.5 Å². The lowest BCUT2D eigenvalue weighted by Gasteiger charge is -2.27. The Kier molecular flexibility index (Phi) is 7.47.